The summed E-state index contributed by atoms with van der Waals surface area (Å²) in [5.41, 5.74) is 1.36. The van der Waals surface area contributed by atoms with E-state index in [-0.39, 0.29) is 11.1 Å². The van der Waals surface area contributed by atoms with Gasteiger partial charge in [-0.25, -0.2) is 18.0 Å². The monoisotopic (exact) mass is 417 g/mol. The van der Waals surface area contributed by atoms with Crippen LogP contribution in [0.15, 0.2) is 36.5 Å². The first kappa shape index (κ1) is 21.4. The van der Waals surface area contributed by atoms with Gasteiger partial charge in [-0.1, -0.05) is 31.5 Å². The minimum Gasteiger partial charge on any atom is -0.449 e. The lowest BCUT2D eigenvalue weighted by Crippen LogP contribution is -2.18. The van der Waals surface area contributed by atoms with Gasteiger partial charge in [0.25, 0.3) is 0 Å². The number of halogens is 3. The third-order valence-corrected chi connectivity index (χ3v) is 4.57. The molecule has 0 aliphatic heterocycles. The molecule has 1 heterocycles. The predicted molar refractivity (Wildman–Crippen MR) is 111 cm³/mol. The third-order valence-electron chi connectivity index (χ3n) is 4.57. The van der Waals surface area contributed by atoms with E-state index < -0.39 is 23.5 Å². The standard InChI is InChI=1S/C22H22F3N3O2/c1-4-5-9-30-22(29)27-18-12-26-20-14(7-6-8-15(20)21(18)28(2)3)16-10-13(23)11-17(24)19(16)25/h6-8,10-12H,4-5,9H2,1-3H3,(H,27,29). The average Bonchev–Trinajstić information content (AvgIpc) is 2.70. The number of unbranched alkanes of at least 4 members (excludes halogenated alkanes) is 1. The van der Waals surface area contributed by atoms with Crippen LogP contribution < -0.4 is 10.2 Å². The van der Waals surface area contributed by atoms with Gasteiger partial charge in [-0.15, -0.1) is 0 Å². The molecule has 3 rings (SSSR count). The van der Waals surface area contributed by atoms with Gasteiger partial charge in [-0.2, -0.15) is 0 Å². The van der Waals surface area contributed by atoms with Crippen molar-refractivity contribution in [2.45, 2.75) is 19.8 Å². The van der Waals surface area contributed by atoms with E-state index in [1.165, 1.54) is 12.3 Å². The molecule has 1 aromatic heterocycles. The fourth-order valence-electron chi connectivity index (χ4n) is 3.21. The maximum atomic E-state index is 14.4. The van der Waals surface area contributed by atoms with Crippen molar-refractivity contribution in [3.63, 3.8) is 0 Å². The number of carbonyl (C=O) groups excluding carboxylic acids is 1. The first-order valence-electron chi connectivity index (χ1n) is 9.51. The van der Waals surface area contributed by atoms with Gasteiger partial charge in [-0.3, -0.25) is 10.3 Å². The molecular formula is C22H22F3N3O2. The van der Waals surface area contributed by atoms with Gasteiger partial charge in [0.15, 0.2) is 11.6 Å². The number of aromatic nitrogens is 1. The first-order valence-corrected chi connectivity index (χ1v) is 9.51. The van der Waals surface area contributed by atoms with Crippen LogP contribution in [0.1, 0.15) is 19.8 Å². The molecule has 8 heteroatoms. The summed E-state index contributed by atoms with van der Waals surface area (Å²) >= 11 is 0. The van der Waals surface area contributed by atoms with E-state index in [1.807, 2.05) is 6.92 Å². The molecule has 0 atom stereocenters. The number of rotatable bonds is 6. The van der Waals surface area contributed by atoms with Crippen molar-refractivity contribution < 1.29 is 22.7 Å². The Balaban J connectivity index is 2.11. The lowest BCUT2D eigenvalue weighted by Gasteiger charge is -2.21. The molecule has 1 N–H and O–H groups in total. The van der Waals surface area contributed by atoms with Crippen LogP contribution in [-0.2, 0) is 4.74 Å². The Morgan fingerprint density at radius 3 is 2.63 bits per heavy atom. The van der Waals surface area contributed by atoms with Crippen LogP contribution in [0.2, 0.25) is 0 Å². The van der Waals surface area contributed by atoms with E-state index in [0.29, 0.717) is 35.0 Å². The lowest BCUT2D eigenvalue weighted by molar-refractivity contribution is 0.160. The number of amides is 1. The van der Waals surface area contributed by atoms with Crippen LogP contribution in [-0.4, -0.2) is 31.8 Å². The Kier molecular flexibility index (Phi) is 6.44. The van der Waals surface area contributed by atoms with Crippen LogP contribution in [0.4, 0.5) is 29.3 Å². The van der Waals surface area contributed by atoms with Gasteiger partial charge < -0.3 is 9.64 Å². The molecule has 0 aliphatic rings. The quantitative estimate of drug-likeness (QED) is 0.411. The number of fused-ring (bicyclic) bond motifs is 1. The SMILES string of the molecule is CCCCOC(=O)Nc1cnc2c(-c3cc(F)cc(F)c3F)cccc2c1N(C)C. The second-order valence-electron chi connectivity index (χ2n) is 6.98. The van der Waals surface area contributed by atoms with Crippen molar-refractivity contribution in [2.24, 2.45) is 0 Å². The fraction of sp³-hybridized carbons (Fsp3) is 0.273. The zero-order valence-corrected chi connectivity index (χ0v) is 16.9. The molecule has 0 bridgehead atoms. The lowest BCUT2D eigenvalue weighted by atomic mass is 9.99. The minimum absolute atomic E-state index is 0.227. The van der Waals surface area contributed by atoms with Crippen molar-refractivity contribution in [3.05, 3.63) is 54.0 Å². The van der Waals surface area contributed by atoms with Crippen molar-refractivity contribution in [1.29, 1.82) is 0 Å². The highest BCUT2D eigenvalue weighted by Gasteiger charge is 2.19. The van der Waals surface area contributed by atoms with Gasteiger partial charge in [0.1, 0.15) is 5.82 Å². The summed E-state index contributed by atoms with van der Waals surface area (Å²) in [7, 11) is 3.55. The summed E-state index contributed by atoms with van der Waals surface area (Å²) in [6, 6.07) is 6.34. The predicted octanol–water partition coefficient (Wildman–Crippen LogP) is 5.73. The molecule has 158 valence electrons. The van der Waals surface area contributed by atoms with Crippen LogP contribution >= 0.6 is 0 Å². The Morgan fingerprint density at radius 2 is 1.93 bits per heavy atom. The van der Waals surface area contributed by atoms with E-state index >= 15 is 0 Å². The number of nitrogens with one attached hydrogen (secondary N) is 1. The third kappa shape index (κ3) is 4.32. The number of pyridine rings is 1. The Hall–Kier alpha value is -3.29. The topological polar surface area (TPSA) is 54.5 Å². The second kappa shape index (κ2) is 9.02. The smallest absolute Gasteiger partial charge is 0.411 e. The molecule has 0 aliphatic carbocycles. The van der Waals surface area contributed by atoms with Gasteiger partial charge in [0, 0.05) is 36.7 Å². The molecule has 0 saturated heterocycles. The van der Waals surface area contributed by atoms with Crippen LogP contribution in [0, 0.1) is 17.5 Å². The number of anilines is 2. The molecule has 3 aromatic rings. The summed E-state index contributed by atoms with van der Waals surface area (Å²) < 4.78 is 47.0. The Bertz CT molecular complexity index is 1090. The van der Waals surface area contributed by atoms with Crippen molar-refractivity contribution >= 4 is 28.4 Å². The summed E-state index contributed by atoms with van der Waals surface area (Å²) in [5.74, 6) is -3.32. The van der Waals surface area contributed by atoms with Crippen LogP contribution in [0.5, 0.6) is 0 Å². The number of carbonyl (C=O) groups is 1. The number of hydrogen-bond donors (Lipinski definition) is 1. The average molecular weight is 417 g/mol. The Morgan fingerprint density at radius 1 is 1.17 bits per heavy atom. The van der Waals surface area contributed by atoms with Crippen molar-refractivity contribution in [3.8, 4) is 11.1 Å². The highest BCUT2D eigenvalue weighted by atomic mass is 19.2. The zero-order valence-electron chi connectivity index (χ0n) is 16.9. The van der Waals surface area contributed by atoms with Gasteiger partial charge >= 0.3 is 6.09 Å². The van der Waals surface area contributed by atoms with E-state index in [4.69, 9.17) is 4.74 Å². The second-order valence-corrected chi connectivity index (χ2v) is 6.98. The highest BCUT2D eigenvalue weighted by Crippen LogP contribution is 2.38. The normalized spacial score (nSPS) is 10.9. The molecule has 0 radical (unpaired) electrons. The Labute approximate surface area is 172 Å². The molecule has 5 nitrogen and oxygen atoms in total. The molecule has 0 spiro atoms. The van der Waals surface area contributed by atoms with Gasteiger partial charge in [-0.05, 0) is 12.5 Å². The molecule has 1 amide bonds. The van der Waals surface area contributed by atoms with E-state index in [9.17, 15) is 18.0 Å². The van der Waals surface area contributed by atoms with E-state index in [0.717, 1.165) is 18.9 Å². The van der Waals surface area contributed by atoms with Crippen molar-refractivity contribution in [2.75, 3.05) is 30.9 Å². The number of benzene rings is 2. The van der Waals surface area contributed by atoms with E-state index in [1.54, 1.807) is 31.1 Å². The molecule has 2 aromatic carbocycles. The number of hydrogen-bond acceptors (Lipinski definition) is 4. The molecule has 0 unspecified atom stereocenters. The maximum absolute atomic E-state index is 14.4. The maximum Gasteiger partial charge on any atom is 0.411 e. The summed E-state index contributed by atoms with van der Waals surface area (Å²) in [4.78, 5) is 18.2. The number of ether oxygens (including phenoxy) is 1. The molecular weight excluding hydrogens is 395 g/mol. The van der Waals surface area contributed by atoms with Crippen LogP contribution in [0.3, 0.4) is 0 Å². The molecule has 30 heavy (non-hydrogen) atoms. The highest BCUT2D eigenvalue weighted by molar-refractivity contribution is 6.06. The fourth-order valence-corrected chi connectivity index (χ4v) is 3.21. The van der Waals surface area contributed by atoms with Gasteiger partial charge in [0.05, 0.1) is 29.7 Å². The minimum atomic E-state index is -1.28. The van der Waals surface area contributed by atoms with Gasteiger partial charge in [0.2, 0.25) is 0 Å². The van der Waals surface area contributed by atoms with Crippen LogP contribution in [0.25, 0.3) is 22.0 Å². The van der Waals surface area contributed by atoms with Crippen molar-refractivity contribution in [1.82, 2.24) is 4.98 Å². The molecule has 0 fully saturated rings. The first-order chi connectivity index (χ1) is 14.3. The summed E-state index contributed by atoms with van der Waals surface area (Å²) in [5, 5.41) is 3.25. The summed E-state index contributed by atoms with van der Waals surface area (Å²) in [6.07, 6.45) is 2.45. The molecule has 0 saturated carbocycles. The largest absolute Gasteiger partial charge is 0.449 e. The number of nitrogens with zero attached hydrogens (tertiary/aromatic N) is 2. The zero-order chi connectivity index (χ0) is 21.8. The van der Waals surface area contributed by atoms with E-state index in [2.05, 4.69) is 10.3 Å². The summed E-state index contributed by atoms with van der Waals surface area (Å²) in [6.45, 7) is 2.29. The number of para-hydroxylation sites is 1.